The Morgan fingerprint density at radius 1 is 0.513 bits per heavy atom. The second kappa shape index (κ2) is 31.9. The summed E-state index contributed by atoms with van der Waals surface area (Å²) < 4.78 is 0. The normalized spacial score (nSPS) is 13.0. The van der Waals surface area contributed by atoms with Crippen LogP contribution in [0.3, 0.4) is 0 Å². The number of unbranched alkanes of at least 4 members (excludes halogenated alkanes) is 25. The molecule has 0 spiro atoms. The van der Waals surface area contributed by atoms with Gasteiger partial charge in [-0.2, -0.15) is 0 Å². The molecule has 0 aliphatic heterocycles. The van der Waals surface area contributed by atoms with Crippen LogP contribution in [-0.4, -0.2) is 34.9 Å². The van der Waals surface area contributed by atoms with E-state index in [1.54, 1.807) is 0 Å². The van der Waals surface area contributed by atoms with Gasteiger partial charge in [0.2, 0.25) is 5.91 Å². The molecular formula is C35H71NO3. The van der Waals surface area contributed by atoms with Crippen molar-refractivity contribution < 1.29 is 15.0 Å². The van der Waals surface area contributed by atoms with Gasteiger partial charge >= 0.3 is 0 Å². The number of rotatable bonds is 32. The lowest BCUT2D eigenvalue weighted by Gasteiger charge is -2.22. The summed E-state index contributed by atoms with van der Waals surface area (Å²) in [6.45, 7) is 4.05. The molecule has 0 rings (SSSR count). The topological polar surface area (TPSA) is 69.6 Å². The highest BCUT2D eigenvalue weighted by atomic mass is 16.3. The Kier molecular flexibility index (Phi) is 31.4. The number of carbonyl (C=O) groups excluding carboxylic acids is 1. The van der Waals surface area contributed by atoms with Gasteiger partial charge in [-0.25, -0.2) is 0 Å². The standard InChI is InChI=1S/C35H71NO3/c1-3-5-6-7-8-9-10-11-12-13-14-15-16-17-18-19-20-21-22-23-24-25-26-27-28-29-31-34(38)33(32-37)36-35(39)30-4-2/h33-34,37-38H,3-32H2,1-2H3,(H,36,39). The molecule has 2 atom stereocenters. The van der Waals surface area contributed by atoms with Gasteiger partial charge in [-0.15, -0.1) is 0 Å². The zero-order chi connectivity index (χ0) is 28.7. The smallest absolute Gasteiger partial charge is 0.220 e. The fraction of sp³-hybridized carbons (Fsp3) is 0.971. The molecule has 234 valence electrons. The Balaban J connectivity index is 3.24. The van der Waals surface area contributed by atoms with E-state index in [2.05, 4.69) is 12.2 Å². The maximum Gasteiger partial charge on any atom is 0.220 e. The van der Waals surface area contributed by atoms with Crippen molar-refractivity contribution in [2.45, 2.75) is 212 Å². The maximum atomic E-state index is 11.7. The molecule has 0 bridgehead atoms. The third-order valence-electron chi connectivity index (χ3n) is 8.34. The van der Waals surface area contributed by atoms with Gasteiger partial charge in [0.05, 0.1) is 18.8 Å². The fourth-order valence-electron chi connectivity index (χ4n) is 5.64. The van der Waals surface area contributed by atoms with Crippen LogP contribution < -0.4 is 5.32 Å². The van der Waals surface area contributed by atoms with E-state index in [1.165, 1.54) is 154 Å². The first-order chi connectivity index (χ1) is 19.2. The number of nitrogens with one attached hydrogen (secondary N) is 1. The van der Waals surface area contributed by atoms with Gasteiger partial charge < -0.3 is 15.5 Å². The summed E-state index contributed by atoms with van der Waals surface area (Å²) in [5, 5.41) is 22.4. The van der Waals surface area contributed by atoms with Gasteiger partial charge in [-0.05, 0) is 12.8 Å². The van der Waals surface area contributed by atoms with E-state index < -0.39 is 12.1 Å². The molecule has 0 aromatic carbocycles. The van der Waals surface area contributed by atoms with Gasteiger partial charge in [0.25, 0.3) is 0 Å². The summed E-state index contributed by atoms with van der Waals surface area (Å²) in [5.41, 5.74) is 0. The third-order valence-corrected chi connectivity index (χ3v) is 8.34. The molecule has 0 fully saturated rings. The number of aliphatic hydroxyl groups is 2. The fourth-order valence-corrected chi connectivity index (χ4v) is 5.64. The lowest BCUT2D eigenvalue weighted by atomic mass is 10.0. The Morgan fingerprint density at radius 2 is 0.821 bits per heavy atom. The summed E-state index contributed by atoms with van der Waals surface area (Å²) >= 11 is 0. The second-order valence-electron chi connectivity index (χ2n) is 12.3. The van der Waals surface area contributed by atoms with Gasteiger partial charge in [0.15, 0.2) is 0 Å². The first-order valence-corrected chi connectivity index (χ1v) is 17.7. The SMILES string of the molecule is CCCCCCCCCCCCCCCCCCCCCCCCCCCCC(O)C(CO)NC(=O)CCC. The van der Waals surface area contributed by atoms with Crippen molar-refractivity contribution in [3.8, 4) is 0 Å². The van der Waals surface area contributed by atoms with E-state index in [9.17, 15) is 15.0 Å². The largest absolute Gasteiger partial charge is 0.394 e. The minimum atomic E-state index is -0.648. The Labute approximate surface area is 244 Å². The van der Waals surface area contributed by atoms with Crippen molar-refractivity contribution in [1.29, 1.82) is 0 Å². The molecule has 3 N–H and O–H groups in total. The highest BCUT2D eigenvalue weighted by Crippen LogP contribution is 2.16. The average molecular weight is 554 g/mol. The van der Waals surface area contributed by atoms with E-state index >= 15 is 0 Å². The first kappa shape index (κ1) is 38.4. The lowest BCUT2D eigenvalue weighted by Crippen LogP contribution is -2.45. The molecule has 2 unspecified atom stereocenters. The number of carbonyl (C=O) groups is 1. The zero-order valence-electron chi connectivity index (χ0n) is 26.7. The number of hydrogen-bond donors (Lipinski definition) is 3. The molecule has 0 aliphatic rings. The van der Waals surface area contributed by atoms with E-state index in [-0.39, 0.29) is 12.5 Å². The van der Waals surface area contributed by atoms with E-state index in [0.717, 1.165) is 19.3 Å². The molecule has 0 heterocycles. The van der Waals surface area contributed by atoms with Crippen molar-refractivity contribution in [2.75, 3.05) is 6.61 Å². The second-order valence-corrected chi connectivity index (χ2v) is 12.3. The number of amides is 1. The summed E-state index contributed by atoms with van der Waals surface area (Å²) in [7, 11) is 0. The van der Waals surface area contributed by atoms with Crippen LogP contribution in [0, 0.1) is 0 Å². The van der Waals surface area contributed by atoms with Crippen molar-refractivity contribution in [2.24, 2.45) is 0 Å². The maximum absolute atomic E-state index is 11.7. The number of aliphatic hydroxyl groups excluding tert-OH is 2. The predicted octanol–water partition coefficient (Wildman–Crippen LogP) is 10.2. The van der Waals surface area contributed by atoms with Crippen LogP contribution in [0.5, 0.6) is 0 Å². The van der Waals surface area contributed by atoms with Crippen LogP contribution in [0.1, 0.15) is 200 Å². The molecule has 4 nitrogen and oxygen atoms in total. The highest BCUT2D eigenvalue weighted by Gasteiger charge is 2.19. The molecule has 0 aliphatic carbocycles. The quantitative estimate of drug-likeness (QED) is 0.0726. The summed E-state index contributed by atoms with van der Waals surface area (Å²) in [6, 6.07) is -0.525. The lowest BCUT2D eigenvalue weighted by molar-refractivity contribution is -0.123. The monoisotopic (exact) mass is 554 g/mol. The molecule has 39 heavy (non-hydrogen) atoms. The minimum absolute atomic E-state index is 0.0828. The van der Waals surface area contributed by atoms with Gasteiger partial charge in [0, 0.05) is 6.42 Å². The molecule has 4 heteroatoms. The van der Waals surface area contributed by atoms with Crippen molar-refractivity contribution in [1.82, 2.24) is 5.32 Å². The third kappa shape index (κ3) is 28.7. The molecule has 0 aromatic heterocycles. The molecular weight excluding hydrogens is 482 g/mol. The Hall–Kier alpha value is -0.610. The van der Waals surface area contributed by atoms with Crippen molar-refractivity contribution in [3.05, 3.63) is 0 Å². The van der Waals surface area contributed by atoms with Crippen LogP contribution in [0.15, 0.2) is 0 Å². The van der Waals surface area contributed by atoms with Gasteiger partial charge in [-0.1, -0.05) is 181 Å². The van der Waals surface area contributed by atoms with Crippen LogP contribution in [0.4, 0.5) is 0 Å². The predicted molar refractivity (Wildman–Crippen MR) is 170 cm³/mol. The zero-order valence-corrected chi connectivity index (χ0v) is 26.7. The summed E-state index contributed by atoms with van der Waals surface area (Å²) in [4.78, 5) is 11.7. The molecule has 1 amide bonds. The summed E-state index contributed by atoms with van der Waals surface area (Å²) in [5.74, 6) is -0.0828. The van der Waals surface area contributed by atoms with Crippen molar-refractivity contribution in [3.63, 3.8) is 0 Å². The molecule has 0 radical (unpaired) electrons. The van der Waals surface area contributed by atoms with Gasteiger partial charge in [-0.3, -0.25) is 4.79 Å². The minimum Gasteiger partial charge on any atom is -0.394 e. The summed E-state index contributed by atoms with van der Waals surface area (Å²) in [6.07, 6.45) is 37.3. The van der Waals surface area contributed by atoms with Crippen LogP contribution in [0.2, 0.25) is 0 Å². The van der Waals surface area contributed by atoms with Crippen LogP contribution >= 0.6 is 0 Å². The van der Waals surface area contributed by atoms with E-state index in [0.29, 0.717) is 12.8 Å². The van der Waals surface area contributed by atoms with Gasteiger partial charge in [0.1, 0.15) is 0 Å². The molecule has 0 saturated carbocycles. The highest BCUT2D eigenvalue weighted by molar-refractivity contribution is 5.76. The van der Waals surface area contributed by atoms with Crippen molar-refractivity contribution >= 4 is 5.91 Å². The Morgan fingerprint density at radius 3 is 1.10 bits per heavy atom. The molecule has 0 aromatic rings. The van der Waals surface area contributed by atoms with E-state index in [1.807, 2.05) is 6.92 Å². The first-order valence-electron chi connectivity index (χ1n) is 17.7. The van der Waals surface area contributed by atoms with E-state index in [4.69, 9.17) is 0 Å². The van der Waals surface area contributed by atoms with Crippen LogP contribution in [0.25, 0.3) is 0 Å². The molecule has 0 saturated heterocycles. The van der Waals surface area contributed by atoms with Crippen LogP contribution in [-0.2, 0) is 4.79 Å². The Bertz CT molecular complexity index is 485. The average Bonchev–Trinajstić information content (AvgIpc) is 2.93. The number of hydrogen-bond acceptors (Lipinski definition) is 3.